The second-order valence-corrected chi connectivity index (χ2v) is 11.6. The van der Waals surface area contributed by atoms with Crippen LogP contribution in [0.2, 0.25) is 0 Å². The molecule has 2 aromatic heterocycles. The highest BCUT2D eigenvalue weighted by Crippen LogP contribution is 2.38. The van der Waals surface area contributed by atoms with E-state index in [1.807, 2.05) is 11.5 Å². The topological polar surface area (TPSA) is 41.0 Å². The number of benzene rings is 1. The lowest BCUT2D eigenvalue weighted by Gasteiger charge is -2.33. The second kappa shape index (κ2) is 10.1. The van der Waals surface area contributed by atoms with E-state index in [2.05, 4.69) is 81.9 Å². The Labute approximate surface area is 205 Å². The summed E-state index contributed by atoms with van der Waals surface area (Å²) < 4.78 is 1.89. The molecular weight excluding hydrogens is 418 g/mol. The second-order valence-electron chi connectivity index (χ2n) is 11.6. The van der Waals surface area contributed by atoms with Crippen LogP contribution in [0.4, 0.5) is 0 Å². The van der Waals surface area contributed by atoms with Gasteiger partial charge in [-0.05, 0) is 85.9 Å². The zero-order chi connectivity index (χ0) is 24.6. The third-order valence-electron chi connectivity index (χ3n) is 7.24. The molecule has 34 heavy (non-hydrogen) atoms. The van der Waals surface area contributed by atoms with Crippen molar-refractivity contribution in [1.82, 2.24) is 14.5 Å². The number of hydrogen-bond acceptors (Lipinski definition) is 2. The number of nitrogens with one attached hydrogen (secondary N) is 1. The number of likely N-dealkylation sites (tertiary alicyclic amines) is 1. The van der Waals surface area contributed by atoms with Gasteiger partial charge >= 0.3 is 0 Å². The van der Waals surface area contributed by atoms with Gasteiger partial charge in [-0.25, -0.2) is 0 Å². The Morgan fingerprint density at radius 1 is 0.971 bits per heavy atom. The maximum absolute atomic E-state index is 12.7. The number of piperidine rings is 1. The van der Waals surface area contributed by atoms with Crippen molar-refractivity contribution >= 4 is 10.9 Å². The Bertz CT molecular complexity index is 1190. The quantitative estimate of drug-likeness (QED) is 0.415. The summed E-state index contributed by atoms with van der Waals surface area (Å²) in [4.78, 5) is 19.1. The molecule has 0 unspecified atom stereocenters. The monoisotopic (exact) mass is 461 g/mol. The molecule has 3 heterocycles. The van der Waals surface area contributed by atoms with Crippen LogP contribution in [0.25, 0.3) is 22.2 Å². The summed E-state index contributed by atoms with van der Waals surface area (Å²) in [6.45, 7) is 19.8. The van der Waals surface area contributed by atoms with Crippen LogP contribution < -0.4 is 5.56 Å². The van der Waals surface area contributed by atoms with Gasteiger partial charge < -0.3 is 14.5 Å². The number of aryl methyl sites for hydroxylation is 1. The van der Waals surface area contributed by atoms with Crippen molar-refractivity contribution in [3.8, 4) is 11.3 Å². The number of fused-ring (bicyclic) bond motifs is 1. The lowest BCUT2D eigenvalue weighted by molar-refractivity contribution is 0.192. The third-order valence-corrected chi connectivity index (χ3v) is 7.24. The molecule has 3 aromatic rings. The van der Waals surface area contributed by atoms with E-state index in [-0.39, 0.29) is 5.56 Å². The smallest absolute Gasteiger partial charge is 0.253 e. The Kier molecular flexibility index (Phi) is 7.37. The van der Waals surface area contributed by atoms with Gasteiger partial charge in [-0.3, -0.25) is 4.79 Å². The molecule has 0 radical (unpaired) electrons. The number of aromatic amines is 1. The van der Waals surface area contributed by atoms with E-state index in [0.717, 1.165) is 29.3 Å². The first kappa shape index (κ1) is 24.8. The van der Waals surface area contributed by atoms with Crippen molar-refractivity contribution in [3.63, 3.8) is 0 Å². The van der Waals surface area contributed by atoms with E-state index in [9.17, 15) is 4.79 Å². The van der Waals surface area contributed by atoms with Gasteiger partial charge in [0.05, 0.1) is 5.69 Å². The van der Waals surface area contributed by atoms with Crippen LogP contribution in [-0.2, 0) is 6.54 Å². The molecule has 0 saturated carbocycles. The highest BCUT2D eigenvalue weighted by Gasteiger charge is 2.23. The summed E-state index contributed by atoms with van der Waals surface area (Å²) in [6.07, 6.45) is 4.54. The predicted molar refractivity (Wildman–Crippen MR) is 145 cm³/mol. The molecule has 0 bridgehead atoms. The molecule has 0 spiro atoms. The van der Waals surface area contributed by atoms with Crippen LogP contribution in [0.1, 0.15) is 82.9 Å². The fourth-order valence-electron chi connectivity index (χ4n) is 5.73. The fourth-order valence-corrected chi connectivity index (χ4v) is 5.73. The summed E-state index contributed by atoms with van der Waals surface area (Å²) in [7, 11) is 0. The van der Waals surface area contributed by atoms with Crippen molar-refractivity contribution in [2.45, 2.75) is 79.7 Å². The van der Waals surface area contributed by atoms with Gasteiger partial charge in [-0.2, -0.15) is 0 Å². The average molecular weight is 462 g/mol. The van der Waals surface area contributed by atoms with Crippen molar-refractivity contribution in [3.05, 3.63) is 57.5 Å². The van der Waals surface area contributed by atoms with Gasteiger partial charge in [0, 0.05) is 41.3 Å². The van der Waals surface area contributed by atoms with Crippen molar-refractivity contribution in [2.24, 2.45) is 11.8 Å². The first-order chi connectivity index (χ1) is 16.1. The molecule has 1 fully saturated rings. The highest BCUT2D eigenvalue weighted by atomic mass is 16.1. The van der Waals surface area contributed by atoms with Crippen molar-refractivity contribution in [1.29, 1.82) is 0 Å². The Morgan fingerprint density at radius 3 is 2.26 bits per heavy atom. The van der Waals surface area contributed by atoms with Crippen LogP contribution in [0.3, 0.4) is 0 Å². The Hall–Kier alpha value is -2.33. The van der Waals surface area contributed by atoms with Crippen molar-refractivity contribution in [2.75, 3.05) is 19.6 Å². The third kappa shape index (κ3) is 5.17. The average Bonchev–Trinajstić information content (AvgIpc) is 3.15. The largest absolute Gasteiger partial charge is 0.354 e. The van der Waals surface area contributed by atoms with Gasteiger partial charge in [-0.15, -0.1) is 0 Å². The SMILES string of the molecule is Cc1cc(-c2[nH]c3ccc(C4CCN(CC(C)C)CC4)cc3c2C(C)C)cn(CC(C)C)c1=O. The molecule has 1 aliphatic heterocycles. The van der Waals surface area contributed by atoms with E-state index in [0.29, 0.717) is 17.8 Å². The van der Waals surface area contributed by atoms with Gasteiger partial charge in [0.2, 0.25) is 0 Å². The van der Waals surface area contributed by atoms with Crippen LogP contribution in [0.15, 0.2) is 35.3 Å². The number of rotatable bonds is 7. The standard InChI is InChI=1S/C30H43N3O/c1-19(2)16-32-12-10-23(11-13-32)24-8-9-27-26(15-24)28(21(5)6)29(31-27)25-14-22(7)30(34)33(18-25)17-20(3)4/h8-9,14-15,18-21,23,31H,10-13,16-17H2,1-7H3. The molecule has 1 aromatic carbocycles. The molecule has 184 valence electrons. The fraction of sp³-hybridized carbons (Fsp3) is 0.567. The molecular formula is C30H43N3O. The van der Waals surface area contributed by atoms with Gasteiger partial charge in [0.25, 0.3) is 5.56 Å². The molecule has 0 atom stereocenters. The van der Waals surface area contributed by atoms with E-state index in [1.165, 1.54) is 54.5 Å². The Morgan fingerprint density at radius 2 is 1.65 bits per heavy atom. The molecule has 0 aliphatic carbocycles. The minimum absolute atomic E-state index is 0.116. The van der Waals surface area contributed by atoms with Crippen LogP contribution in [0.5, 0.6) is 0 Å². The first-order valence-electron chi connectivity index (χ1n) is 13.2. The summed E-state index contributed by atoms with van der Waals surface area (Å²) in [6, 6.07) is 9.11. The van der Waals surface area contributed by atoms with Gasteiger partial charge in [0.15, 0.2) is 0 Å². The number of hydrogen-bond donors (Lipinski definition) is 1. The van der Waals surface area contributed by atoms with Crippen molar-refractivity contribution < 1.29 is 0 Å². The number of nitrogens with zero attached hydrogens (tertiary/aromatic N) is 2. The summed E-state index contributed by atoms with van der Waals surface area (Å²) in [5.74, 6) is 2.19. The maximum Gasteiger partial charge on any atom is 0.253 e. The normalized spacial score (nSPS) is 15.9. The summed E-state index contributed by atoms with van der Waals surface area (Å²) in [5, 5.41) is 1.34. The molecule has 1 aliphatic rings. The van der Waals surface area contributed by atoms with E-state index >= 15 is 0 Å². The molecule has 1 saturated heterocycles. The zero-order valence-electron chi connectivity index (χ0n) is 22.2. The lowest BCUT2D eigenvalue weighted by atomic mass is 9.87. The number of H-pyrrole nitrogens is 1. The Balaban J connectivity index is 1.71. The number of pyridine rings is 1. The zero-order valence-corrected chi connectivity index (χ0v) is 22.2. The van der Waals surface area contributed by atoms with Crippen LogP contribution >= 0.6 is 0 Å². The minimum atomic E-state index is 0.116. The summed E-state index contributed by atoms with van der Waals surface area (Å²) >= 11 is 0. The maximum atomic E-state index is 12.7. The summed E-state index contributed by atoms with van der Waals surface area (Å²) in [5.41, 5.74) is 7.23. The van der Waals surface area contributed by atoms with Crippen LogP contribution in [0, 0.1) is 18.8 Å². The predicted octanol–water partition coefficient (Wildman–Crippen LogP) is 6.92. The molecule has 4 rings (SSSR count). The highest BCUT2D eigenvalue weighted by molar-refractivity contribution is 5.92. The first-order valence-corrected chi connectivity index (χ1v) is 13.2. The van der Waals surface area contributed by atoms with E-state index in [4.69, 9.17) is 0 Å². The van der Waals surface area contributed by atoms with Gasteiger partial charge in [-0.1, -0.05) is 47.6 Å². The van der Waals surface area contributed by atoms with Crippen LogP contribution in [-0.4, -0.2) is 34.1 Å². The molecule has 0 amide bonds. The molecule has 1 N–H and O–H groups in total. The van der Waals surface area contributed by atoms with E-state index in [1.54, 1.807) is 0 Å². The van der Waals surface area contributed by atoms with Gasteiger partial charge in [0.1, 0.15) is 0 Å². The minimum Gasteiger partial charge on any atom is -0.354 e. The lowest BCUT2D eigenvalue weighted by Crippen LogP contribution is -2.35. The molecule has 4 heteroatoms. The molecule has 4 nitrogen and oxygen atoms in total. The number of aromatic nitrogens is 2. The van der Waals surface area contributed by atoms with E-state index < -0.39 is 0 Å².